The third-order valence-electron chi connectivity index (χ3n) is 8.07. The molecular weight excluding hydrogens is 531 g/mol. The number of aromatic nitrogens is 3. The monoisotopic (exact) mass is 566 g/mol. The Hall–Kier alpha value is -4.50. The molecule has 1 unspecified atom stereocenters. The zero-order valence-electron chi connectivity index (χ0n) is 23.8. The van der Waals surface area contributed by atoms with Gasteiger partial charge in [-0.25, -0.2) is 9.37 Å². The molecule has 5 aromatic rings. The molecule has 1 saturated heterocycles. The highest BCUT2D eigenvalue weighted by Crippen LogP contribution is 2.33. The average molecular weight is 567 g/mol. The molecule has 8 nitrogen and oxygen atoms in total. The summed E-state index contributed by atoms with van der Waals surface area (Å²) in [6.07, 6.45) is 3.30. The lowest BCUT2D eigenvalue weighted by atomic mass is 10.0. The molecule has 0 bridgehead atoms. The van der Waals surface area contributed by atoms with Crippen molar-refractivity contribution in [2.24, 2.45) is 5.73 Å². The van der Waals surface area contributed by atoms with Gasteiger partial charge < -0.3 is 25.1 Å². The molecule has 0 saturated carbocycles. The lowest BCUT2D eigenvalue weighted by molar-refractivity contribution is -0.138. The van der Waals surface area contributed by atoms with E-state index in [1.807, 2.05) is 53.6 Å². The van der Waals surface area contributed by atoms with Crippen molar-refractivity contribution >= 4 is 33.8 Å². The van der Waals surface area contributed by atoms with Crippen LogP contribution in [0.3, 0.4) is 0 Å². The van der Waals surface area contributed by atoms with Crippen molar-refractivity contribution in [3.63, 3.8) is 0 Å². The number of rotatable bonds is 7. The second kappa shape index (κ2) is 11.1. The second-order valence-electron chi connectivity index (χ2n) is 11.6. The zero-order chi connectivity index (χ0) is 29.4. The van der Waals surface area contributed by atoms with Crippen molar-refractivity contribution in [1.29, 1.82) is 0 Å². The van der Waals surface area contributed by atoms with Crippen molar-refractivity contribution in [2.45, 2.75) is 50.9 Å². The third-order valence-corrected chi connectivity index (χ3v) is 8.07. The number of nitrogens with one attached hydrogen (secondary N) is 1. The average Bonchev–Trinajstić information content (AvgIpc) is 3.57. The molecule has 1 aliphatic rings. The lowest BCUT2D eigenvalue weighted by Gasteiger charge is -2.36. The first-order valence-corrected chi connectivity index (χ1v) is 14.3. The van der Waals surface area contributed by atoms with Crippen LogP contribution in [0.2, 0.25) is 0 Å². The van der Waals surface area contributed by atoms with E-state index in [1.165, 1.54) is 12.1 Å². The number of nitrogens with zero attached hydrogens (tertiary/aromatic N) is 4. The first-order valence-electron chi connectivity index (χ1n) is 14.3. The molecule has 0 radical (unpaired) electrons. The SMILES string of the molecule is CC(C)(N)C(=O)NC(Cn1ccc2ccc(F)cc21)C(=O)N1CCC(n2c(-c3ccccc3)nc3ccccc32)CC1. The molecule has 42 heavy (non-hydrogen) atoms. The van der Waals surface area contributed by atoms with E-state index in [0.717, 1.165) is 40.6 Å². The van der Waals surface area contributed by atoms with Crippen LogP contribution in [0.25, 0.3) is 33.3 Å². The van der Waals surface area contributed by atoms with E-state index in [4.69, 9.17) is 10.7 Å². The Morgan fingerprint density at radius 2 is 1.71 bits per heavy atom. The fourth-order valence-electron chi connectivity index (χ4n) is 5.81. The minimum absolute atomic E-state index is 0.157. The zero-order valence-corrected chi connectivity index (χ0v) is 23.8. The Labute approximate surface area is 243 Å². The normalized spacial score (nSPS) is 15.3. The van der Waals surface area contributed by atoms with Crippen LogP contribution in [0.1, 0.15) is 32.7 Å². The van der Waals surface area contributed by atoms with E-state index in [0.29, 0.717) is 18.6 Å². The van der Waals surface area contributed by atoms with Crippen LogP contribution in [-0.2, 0) is 16.1 Å². The van der Waals surface area contributed by atoms with Gasteiger partial charge in [0.2, 0.25) is 11.8 Å². The Morgan fingerprint density at radius 1 is 1.00 bits per heavy atom. The molecule has 0 spiro atoms. The van der Waals surface area contributed by atoms with Gasteiger partial charge in [0, 0.05) is 30.9 Å². The quantitative estimate of drug-likeness (QED) is 0.293. The standard InChI is InChI=1S/C33H35FN6O2/c1-33(2,35)32(42)37-27(21-39-17-14-22-12-13-24(34)20-29(22)39)31(41)38-18-15-25(16-19-38)40-28-11-7-6-10-26(28)36-30(40)23-8-4-3-5-9-23/h3-14,17,20,25,27H,15-16,18-19,21,35H2,1-2H3,(H,37,42). The predicted molar refractivity (Wildman–Crippen MR) is 162 cm³/mol. The van der Waals surface area contributed by atoms with Gasteiger partial charge in [0.1, 0.15) is 17.7 Å². The maximum absolute atomic E-state index is 14.1. The first kappa shape index (κ1) is 27.7. The molecule has 2 amide bonds. The van der Waals surface area contributed by atoms with Gasteiger partial charge in [-0.15, -0.1) is 0 Å². The van der Waals surface area contributed by atoms with Gasteiger partial charge >= 0.3 is 0 Å². The minimum Gasteiger partial charge on any atom is -0.345 e. The number of benzene rings is 3. The van der Waals surface area contributed by atoms with Crippen LogP contribution in [0, 0.1) is 5.82 Å². The predicted octanol–water partition coefficient (Wildman–Crippen LogP) is 4.88. The molecule has 1 fully saturated rings. The van der Waals surface area contributed by atoms with Crippen molar-refractivity contribution in [1.82, 2.24) is 24.3 Å². The van der Waals surface area contributed by atoms with Crippen LogP contribution < -0.4 is 11.1 Å². The van der Waals surface area contributed by atoms with E-state index >= 15 is 0 Å². The van der Waals surface area contributed by atoms with Gasteiger partial charge in [0.15, 0.2) is 0 Å². The van der Waals surface area contributed by atoms with Crippen LogP contribution in [0.5, 0.6) is 0 Å². The number of piperidine rings is 1. The molecule has 3 N–H and O–H groups in total. The van der Waals surface area contributed by atoms with Gasteiger partial charge in [-0.05, 0) is 68.5 Å². The number of halogens is 1. The summed E-state index contributed by atoms with van der Waals surface area (Å²) in [7, 11) is 0. The van der Waals surface area contributed by atoms with Crippen molar-refractivity contribution < 1.29 is 14.0 Å². The van der Waals surface area contributed by atoms with Crippen molar-refractivity contribution in [2.75, 3.05) is 13.1 Å². The summed E-state index contributed by atoms with van der Waals surface area (Å²) in [6, 6.07) is 24.0. The van der Waals surface area contributed by atoms with Gasteiger partial charge in [-0.2, -0.15) is 0 Å². The largest absolute Gasteiger partial charge is 0.345 e. The maximum Gasteiger partial charge on any atom is 0.247 e. The molecule has 2 aromatic heterocycles. The van der Waals surface area contributed by atoms with E-state index < -0.39 is 17.5 Å². The number of fused-ring (bicyclic) bond motifs is 2. The van der Waals surface area contributed by atoms with E-state index in [1.54, 1.807) is 24.5 Å². The number of para-hydroxylation sites is 2. The Morgan fingerprint density at radius 3 is 2.45 bits per heavy atom. The summed E-state index contributed by atoms with van der Waals surface area (Å²) in [5, 5.41) is 3.74. The van der Waals surface area contributed by atoms with Gasteiger partial charge in [-0.1, -0.05) is 42.5 Å². The number of carbonyl (C=O) groups is 2. The number of nitrogens with two attached hydrogens (primary N) is 1. The summed E-state index contributed by atoms with van der Waals surface area (Å²) < 4.78 is 18.2. The van der Waals surface area contributed by atoms with Crippen LogP contribution >= 0.6 is 0 Å². The molecule has 3 heterocycles. The highest BCUT2D eigenvalue weighted by atomic mass is 19.1. The number of amides is 2. The molecule has 0 aliphatic carbocycles. The third kappa shape index (κ3) is 5.39. The Balaban J connectivity index is 1.25. The number of hydrogen-bond acceptors (Lipinski definition) is 4. The van der Waals surface area contributed by atoms with E-state index in [9.17, 15) is 14.0 Å². The summed E-state index contributed by atoms with van der Waals surface area (Å²) in [4.78, 5) is 33.7. The summed E-state index contributed by atoms with van der Waals surface area (Å²) >= 11 is 0. The number of imidazole rings is 1. The number of likely N-dealkylation sites (tertiary alicyclic amines) is 1. The molecule has 216 valence electrons. The van der Waals surface area contributed by atoms with Gasteiger partial charge in [0.25, 0.3) is 0 Å². The molecule has 9 heteroatoms. The van der Waals surface area contributed by atoms with E-state index in [-0.39, 0.29) is 24.3 Å². The highest BCUT2D eigenvalue weighted by molar-refractivity contribution is 5.92. The molecule has 6 rings (SSSR count). The molecule has 1 atom stereocenters. The Bertz CT molecular complexity index is 1750. The second-order valence-corrected chi connectivity index (χ2v) is 11.6. The van der Waals surface area contributed by atoms with Crippen molar-refractivity contribution in [3.05, 3.63) is 90.9 Å². The van der Waals surface area contributed by atoms with Gasteiger partial charge in [0.05, 0.1) is 28.6 Å². The van der Waals surface area contributed by atoms with Crippen LogP contribution in [0.4, 0.5) is 4.39 Å². The minimum atomic E-state index is -1.16. The smallest absolute Gasteiger partial charge is 0.247 e. The topological polar surface area (TPSA) is 98.2 Å². The molecule has 3 aromatic carbocycles. The maximum atomic E-state index is 14.1. The lowest BCUT2D eigenvalue weighted by Crippen LogP contribution is -2.58. The van der Waals surface area contributed by atoms with Crippen molar-refractivity contribution in [3.8, 4) is 11.4 Å². The molecular formula is C33H35FN6O2. The fraction of sp³-hybridized carbons (Fsp3) is 0.303. The van der Waals surface area contributed by atoms with Crippen LogP contribution in [-0.4, -0.2) is 55.5 Å². The Kier molecular flexibility index (Phi) is 7.28. The first-order chi connectivity index (χ1) is 20.2. The van der Waals surface area contributed by atoms with Crippen LogP contribution in [0.15, 0.2) is 85.1 Å². The summed E-state index contributed by atoms with van der Waals surface area (Å²) in [5.74, 6) is -0.0381. The number of carbonyl (C=O) groups excluding carboxylic acids is 2. The van der Waals surface area contributed by atoms with Gasteiger partial charge in [-0.3, -0.25) is 9.59 Å². The summed E-state index contributed by atoms with van der Waals surface area (Å²) in [6.45, 7) is 4.44. The number of hydrogen-bond donors (Lipinski definition) is 2. The molecule has 1 aliphatic heterocycles. The summed E-state index contributed by atoms with van der Waals surface area (Å²) in [5.41, 5.74) is 8.63. The fourth-order valence-corrected chi connectivity index (χ4v) is 5.81. The van der Waals surface area contributed by atoms with E-state index in [2.05, 4.69) is 28.1 Å². The highest BCUT2D eigenvalue weighted by Gasteiger charge is 2.34.